The first kappa shape index (κ1) is 21.1. The Hall–Kier alpha value is -3.59. The highest BCUT2D eigenvalue weighted by Gasteiger charge is 2.18. The van der Waals surface area contributed by atoms with Gasteiger partial charge < -0.3 is 24.2 Å². The van der Waals surface area contributed by atoms with Gasteiger partial charge in [0.25, 0.3) is 11.8 Å². The molecular formula is C21H23N3O6. The molecule has 1 fully saturated rings. The number of rotatable bonds is 7. The van der Waals surface area contributed by atoms with E-state index in [1.165, 1.54) is 25.5 Å². The van der Waals surface area contributed by atoms with Gasteiger partial charge in [0.2, 0.25) is 0 Å². The predicted molar refractivity (Wildman–Crippen MR) is 109 cm³/mol. The fourth-order valence-electron chi connectivity index (χ4n) is 2.80. The van der Waals surface area contributed by atoms with Gasteiger partial charge in [0.1, 0.15) is 5.75 Å². The molecule has 30 heavy (non-hydrogen) atoms. The summed E-state index contributed by atoms with van der Waals surface area (Å²) < 4.78 is 16.2. The lowest BCUT2D eigenvalue weighted by molar-refractivity contribution is -0.137. The molecule has 2 aromatic rings. The number of methoxy groups -OCH3 is 1. The number of hydrogen-bond acceptors (Lipinski definition) is 7. The van der Waals surface area contributed by atoms with Gasteiger partial charge in [0.05, 0.1) is 26.5 Å². The van der Waals surface area contributed by atoms with Crippen LogP contribution < -0.4 is 14.9 Å². The van der Waals surface area contributed by atoms with Crippen molar-refractivity contribution in [2.75, 3.05) is 40.0 Å². The van der Waals surface area contributed by atoms with Crippen LogP contribution in [0.25, 0.3) is 0 Å². The van der Waals surface area contributed by atoms with Gasteiger partial charge in [-0.2, -0.15) is 5.10 Å². The second-order valence-corrected chi connectivity index (χ2v) is 6.44. The van der Waals surface area contributed by atoms with Crippen LogP contribution in [0.4, 0.5) is 0 Å². The van der Waals surface area contributed by atoms with E-state index in [2.05, 4.69) is 10.5 Å². The van der Waals surface area contributed by atoms with Crippen LogP contribution in [0.2, 0.25) is 0 Å². The number of nitrogens with one attached hydrogen (secondary N) is 1. The number of amides is 2. The monoisotopic (exact) mass is 413 g/mol. The number of phenols is 1. The largest absolute Gasteiger partial charge is 0.508 e. The smallest absolute Gasteiger partial charge is 0.271 e. The lowest BCUT2D eigenvalue weighted by Crippen LogP contribution is -2.43. The molecule has 2 aromatic carbocycles. The normalized spacial score (nSPS) is 13.8. The average molecular weight is 413 g/mol. The van der Waals surface area contributed by atoms with Gasteiger partial charge in [-0.3, -0.25) is 9.59 Å². The maximum atomic E-state index is 12.2. The molecule has 2 N–H and O–H groups in total. The summed E-state index contributed by atoms with van der Waals surface area (Å²) in [6.07, 6.45) is 1.45. The van der Waals surface area contributed by atoms with Crippen LogP contribution >= 0.6 is 0 Å². The van der Waals surface area contributed by atoms with Gasteiger partial charge in [-0.1, -0.05) is 6.07 Å². The predicted octanol–water partition coefficient (Wildman–Crippen LogP) is 1.40. The Kier molecular flexibility index (Phi) is 7.23. The van der Waals surface area contributed by atoms with E-state index in [4.69, 9.17) is 14.2 Å². The summed E-state index contributed by atoms with van der Waals surface area (Å²) in [5.74, 6) is 0.309. The van der Waals surface area contributed by atoms with Gasteiger partial charge in [-0.25, -0.2) is 5.43 Å². The molecule has 0 unspecified atom stereocenters. The minimum atomic E-state index is -0.448. The Morgan fingerprint density at radius 2 is 2.00 bits per heavy atom. The Balaban J connectivity index is 1.57. The number of carbonyl (C=O) groups is 2. The molecule has 0 spiro atoms. The molecule has 0 atom stereocenters. The van der Waals surface area contributed by atoms with Crippen LogP contribution in [0.15, 0.2) is 47.6 Å². The van der Waals surface area contributed by atoms with E-state index in [9.17, 15) is 14.7 Å². The zero-order valence-electron chi connectivity index (χ0n) is 16.5. The van der Waals surface area contributed by atoms with Crippen molar-refractivity contribution >= 4 is 18.0 Å². The van der Waals surface area contributed by atoms with Crippen LogP contribution in [0.5, 0.6) is 17.2 Å². The van der Waals surface area contributed by atoms with E-state index < -0.39 is 5.91 Å². The first-order valence-electron chi connectivity index (χ1n) is 9.35. The molecule has 0 aliphatic carbocycles. The molecule has 3 rings (SSSR count). The fourth-order valence-corrected chi connectivity index (χ4v) is 2.80. The number of hydrogen-bond donors (Lipinski definition) is 2. The van der Waals surface area contributed by atoms with Gasteiger partial charge in [-0.15, -0.1) is 0 Å². The standard InChI is InChI=1S/C21H23N3O6/c1-28-19-11-15(13-22-23-21(27)16-3-2-4-17(25)12-16)5-6-18(19)30-14-20(26)24-7-9-29-10-8-24/h2-6,11-13,25H,7-10,14H2,1H3,(H,23,27)/b22-13+. The highest BCUT2D eigenvalue weighted by molar-refractivity contribution is 5.95. The molecule has 1 heterocycles. The molecule has 0 bridgehead atoms. The van der Waals surface area contributed by atoms with Crippen LogP contribution in [-0.2, 0) is 9.53 Å². The number of nitrogens with zero attached hydrogens (tertiary/aromatic N) is 2. The second-order valence-electron chi connectivity index (χ2n) is 6.44. The molecule has 9 nitrogen and oxygen atoms in total. The van der Waals surface area contributed by atoms with Gasteiger partial charge in [0, 0.05) is 18.7 Å². The van der Waals surface area contributed by atoms with Crippen LogP contribution in [0.1, 0.15) is 15.9 Å². The summed E-state index contributed by atoms with van der Waals surface area (Å²) in [6, 6.07) is 11.0. The topological polar surface area (TPSA) is 110 Å². The van der Waals surface area contributed by atoms with E-state index in [1.54, 1.807) is 35.2 Å². The lowest BCUT2D eigenvalue weighted by atomic mass is 10.2. The van der Waals surface area contributed by atoms with E-state index >= 15 is 0 Å². The first-order chi connectivity index (χ1) is 14.6. The molecule has 1 saturated heterocycles. The van der Waals surface area contributed by atoms with Crippen molar-refractivity contribution in [1.82, 2.24) is 10.3 Å². The summed E-state index contributed by atoms with van der Waals surface area (Å²) in [7, 11) is 1.50. The first-order valence-corrected chi connectivity index (χ1v) is 9.35. The molecular weight excluding hydrogens is 390 g/mol. The van der Waals surface area contributed by atoms with Crippen molar-refractivity contribution < 1.29 is 28.9 Å². The minimum absolute atomic E-state index is 0.000874. The van der Waals surface area contributed by atoms with Gasteiger partial charge in [0.15, 0.2) is 18.1 Å². The summed E-state index contributed by atoms with van der Waals surface area (Å²) in [4.78, 5) is 25.9. The quantitative estimate of drug-likeness (QED) is 0.525. The molecule has 9 heteroatoms. The molecule has 1 aliphatic rings. The highest BCUT2D eigenvalue weighted by Crippen LogP contribution is 2.27. The second kappa shape index (κ2) is 10.3. The zero-order valence-corrected chi connectivity index (χ0v) is 16.5. The van der Waals surface area contributed by atoms with Crippen molar-refractivity contribution in [2.45, 2.75) is 0 Å². The highest BCUT2D eigenvalue weighted by atomic mass is 16.5. The summed E-state index contributed by atoms with van der Waals surface area (Å²) in [5.41, 5.74) is 3.34. The maximum Gasteiger partial charge on any atom is 0.271 e. The summed E-state index contributed by atoms with van der Waals surface area (Å²) in [5, 5.41) is 13.3. The number of hydrazone groups is 1. The number of carbonyl (C=O) groups excluding carboxylic acids is 2. The van der Waals surface area contributed by atoms with Crippen LogP contribution in [0.3, 0.4) is 0 Å². The number of ether oxygens (including phenoxy) is 3. The van der Waals surface area contributed by atoms with E-state index in [0.717, 1.165) is 0 Å². The van der Waals surface area contributed by atoms with Gasteiger partial charge in [-0.05, 0) is 42.0 Å². The molecule has 2 amide bonds. The summed E-state index contributed by atoms with van der Waals surface area (Å²) >= 11 is 0. The molecule has 158 valence electrons. The molecule has 0 saturated carbocycles. The molecule has 1 aliphatic heterocycles. The van der Waals surface area contributed by atoms with Crippen molar-refractivity contribution in [2.24, 2.45) is 5.10 Å². The fraction of sp³-hybridized carbons (Fsp3) is 0.286. The van der Waals surface area contributed by atoms with E-state index in [0.29, 0.717) is 48.9 Å². The molecule has 0 aromatic heterocycles. The van der Waals surface area contributed by atoms with Crippen molar-refractivity contribution in [1.29, 1.82) is 0 Å². The number of benzene rings is 2. The Bertz CT molecular complexity index is 925. The van der Waals surface area contributed by atoms with Crippen molar-refractivity contribution in [3.63, 3.8) is 0 Å². The third kappa shape index (κ3) is 5.71. The van der Waals surface area contributed by atoms with Crippen LogP contribution in [-0.4, -0.2) is 68.1 Å². The summed E-state index contributed by atoms with van der Waals surface area (Å²) in [6.45, 7) is 2.09. The third-order valence-electron chi connectivity index (χ3n) is 4.39. The van der Waals surface area contributed by atoms with Gasteiger partial charge >= 0.3 is 0 Å². The number of aromatic hydroxyl groups is 1. The van der Waals surface area contributed by atoms with E-state index in [1.807, 2.05) is 0 Å². The zero-order chi connectivity index (χ0) is 21.3. The average Bonchev–Trinajstić information content (AvgIpc) is 2.78. The Morgan fingerprint density at radius 3 is 2.73 bits per heavy atom. The van der Waals surface area contributed by atoms with Crippen molar-refractivity contribution in [3.05, 3.63) is 53.6 Å². The number of phenolic OH excluding ortho intramolecular Hbond substituents is 1. The van der Waals surface area contributed by atoms with Crippen LogP contribution in [0, 0.1) is 0 Å². The third-order valence-corrected chi connectivity index (χ3v) is 4.39. The minimum Gasteiger partial charge on any atom is -0.508 e. The van der Waals surface area contributed by atoms with E-state index in [-0.39, 0.29) is 18.3 Å². The lowest BCUT2D eigenvalue weighted by Gasteiger charge is -2.26. The molecule has 0 radical (unpaired) electrons. The number of morpholine rings is 1. The Labute approximate surface area is 173 Å². The SMILES string of the molecule is COc1cc(/C=N/NC(=O)c2cccc(O)c2)ccc1OCC(=O)N1CCOCC1. The Morgan fingerprint density at radius 1 is 1.20 bits per heavy atom. The van der Waals surface area contributed by atoms with Crippen molar-refractivity contribution in [3.8, 4) is 17.2 Å². The maximum absolute atomic E-state index is 12.2.